The monoisotopic (exact) mass is 198 g/mol. The van der Waals surface area contributed by atoms with Crippen molar-refractivity contribution in [2.75, 3.05) is 6.54 Å². The van der Waals surface area contributed by atoms with E-state index in [1.807, 2.05) is 0 Å². The summed E-state index contributed by atoms with van der Waals surface area (Å²) in [6, 6.07) is -0.109. The number of nitrogens with two attached hydrogens (primary N) is 1. The lowest BCUT2D eigenvalue weighted by atomic mass is 9.76. The van der Waals surface area contributed by atoms with Gasteiger partial charge in [0.05, 0.1) is 6.04 Å². The molecule has 1 aliphatic rings. The average Bonchev–Trinajstić information content (AvgIpc) is 2.26. The van der Waals surface area contributed by atoms with Crippen LogP contribution in [0.3, 0.4) is 0 Å². The van der Waals surface area contributed by atoms with Gasteiger partial charge in [-0.1, -0.05) is 20.8 Å². The lowest BCUT2D eigenvalue weighted by Gasteiger charge is -2.29. The first-order valence-electron chi connectivity index (χ1n) is 5.44. The van der Waals surface area contributed by atoms with Crippen molar-refractivity contribution in [2.45, 2.75) is 46.1 Å². The van der Waals surface area contributed by atoms with E-state index in [0.717, 1.165) is 25.8 Å². The van der Waals surface area contributed by atoms with Crippen molar-refractivity contribution in [1.29, 1.82) is 0 Å². The maximum absolute atomic E-state index is 11.0. The average molecular weight is 198 g/mol. The minimum absolute atomic E-state index is 0.109. The molecule has 3 nitrogen and oxygen atoms in total. The highest BCUT2D eigenvalue weighted by atomic mass is 16.1. The Hall–Kier alpha value is -0.570. The van der Waals surface area contributed by atoms with Crippen LogP contribution in [0.25, 0.3) is 0 Å². The van der Waals surface area contributed by atoms with Crippen LogP contribution in [0, 0.1) is 11.3 Å². The molecule has 0 aromatic rings. The molecule has 14 heavy (non-hydrogen) atoms. The molecule has 2 unspecified atom stereocenters. The number of nitrogens with one attached hydrogen (secondary N) is 1. The Kier molecular flexibility index (Phi) is 3.53. The van der Waals surface area contributed by atoms with Gasteiger partial charge in [-0.25, -0.2) is 0 Å². The van der Waals surface area contributed by atoms with Gasteiger partial charge in [0.15, 0.2) is 0 Å². The SMILES string of the molecule is CC(C)(C)C1CCNC(C(N)=O)CC1. The quantitative estimate of drug-likeness (QED) is 0.667. The number of amides is 1. The molecule has 0 radical (unpaired) electrons. The van der Waals surface area contributed by atoms with Gasteiger partial charge in [0.2, 0.25) is 5.91 Å². The molecule has 3 heteroatoms. The Morgan fingerprint density at radius 2 is 1.93 bits per heavy atom. The maximum Gasteiger partial charge on any atom is 0.234 e. The summed E-state index contributed by atoms with van der Waals surface area (Å²) in [7, 11) is 0. The molecule has 2 atom stereocenters. The summed E-state index contributed by atoms with van der Waals surface area (Å²) < 4.78 is 0. The van der Waals surface area contributed by atoms with Crippen LogP contribution in [0.2, 0.25) is 0 Å². The Balaban J connectivity index is 2.53. The van der Waals surface area contributed by atoms with Crippen LogP contribution < -0.4 is 11.1 Å². The highest BCUT2D eigenvalue weighted by molar-refractivity contribution is 5.79. The van der Waals surface area contributed by atoms with Gasteiger partial charge in [-0.15, -0.1) is 0 Å². The number of rotatable bonds is 1. The van der Waals surface area contributed by atoms with E-state index < -0.39 is 0 Å². The summed E-state index contributed by atoms with van der Waals surface area (Å²) in [5, 5.41) is 3.21. The minimum atomic E-state index is -0.209. The number of hydrogen-bond donors (Lipinski definition) is 2. The molecule has 82 valence electrons. The summed E-state index contributed by atoms with van der Waals surface area (Å²) in [5.41, 5.74) is 5.63. The van der Waals surface area contributed by atoms with Crippen LogP contribution in [-0.2, 0) is 4.79 Å². The standard InChI is InChI=1S/C11H22N2O/c1-11(2,3)8-4-5-9(10(12)14)13-7-6-8/h8-9,13H,4-7H2,1-3H3,(H2,12,14). The predicted octanol–water partition coefficient (Wildman–Crippen LogP) is 1.28. The lowest BCUT2D eigenvalue weighted by molar-refractivity contribution is -0.120. The van der Waals surface area contributed by atoms with E-state index in [1.165, 1.54) is 0 Å². The molecular weight excluding hydrogens is 176 g/mol. The van der Waals surface area contributed by atoms with Crippen molar-refractivity contribution in [1.82, 2.24) is 5.32 Å². The van der Waals surface area contributed by atoms with Gasteiger partial charge in [0.1, 0.15) is 0 Å². The maximum atomic E-state index is 11.0. The van der Waals surface area contributed by atoms with E-state index in [2.05, 4.69) is 26.1 Å². The van der Waals surface area contributed by atoms with Crippen LogP contribution in [0.15, 0.2) is 0 Å². The summed E-state index contributed by atoms with van der Waals surface area (Å²) in [4.78, 5) is 11.0. The van der Waals surface area contributed by atoms with Gasteiger partial charge < -0.3 is 11.1 Å². The molecule has 0 spiro atoms. The molecule has 0 aromatic heterocycles. The second kappa shape index (κ2) is 4.30. The molecule has 1 amide bonds. The first-order chi connectivity index (χ1) is 6.41. The van der Waals surface area contributed by atoms with Crippen LogP contribution >= 0.6 is 0 Å². The predicted molar refractivity (Wildman–Crippen MR) is 57.8 cm³/mol. The van der Waals surface area contributed by atoms with E-state index in [4.69, 9.17) is 5.73 Å². The fourth-order valence-corrected chi connectivity index (χ4v) is 2.15. The summed E-state index contributed by atoms with van der Waals surface area (Å²) in [6.45, 7) is 7.71. The van der Waals surface area contributed by atoms with Gasteiger partial charge in [0.25, 0.3) is 0 Å². The molecule has 0 aliphatic carbocycles. The van der Waals surface area contributed by atoms with Gasteiger partial charge in [-0.2, -0.15) is 0 Å². The molecule has 1 aliphatic heterocycles. The van der Waals surface area contributed by atoms with E-state index in [-0.39, 0.29) is 11.9 Å². The highest BCUT2D eigenvalue weighted by Gasteiger charge is 2.28. The van der Waals surface area contributed by atoms with E-state index in [0.29, 0.717) is 11.3 Å². The van der Waals surface area contributed by atoms with Gasteiger partial charge in [-0.3, -0.25) is 4.79 Å². The van der Waals surface area contributed by atoms with Crippen molar-refractivity contribution >= 4 is 5.91 Å². The normalized spacial score (nSPS) is 29.6. The second-order valence-electron chi connectivity index (χ2n) is 5.34. The third-order valence-corrected chi connectivity index (χ3v) is 3.26. The topological polar surface area (TPSA) is 55.1 Å². The molecule has 3 N–H and O–H groups in total. The van der Waals surface area contributed by atoms with Crippen LogP contribution in [0.1, 0.15) is 40.0 Å². The molecule has 0 saturated carbocycles. The summed E-state index contributed by atoms with van der Waals surface area (Å²) in [5.74, 6) is 0.485. The molecule has 1 rings (SSSR count). The Morgan fingerprint density at radius 3 is 2.43 bits per heavy atom. The molecule has 0 aromatic carbocycles. The molecule has 0 bridgehead atoms. The second-order valence-corrected chi connectivity index (χ2v) is 5.34. The third-order valence-electron chi connectivity index (χ3n) is 3.26. The number of carbonyl (C=O) groups is 1. The summed E-state index contributed by atoms with van der Waals surface area (Å²) >= 11 is 0. The van der Waals surface area contributed by atoms with Gasteiger partial charge in [0, 0.05) is 0 Å². The zero-order valence-corrected chi connectivity index (χ0v) is 9.47. The van der Waals surface area contributed by atoms with Crippen molar-refractivity contribution in [3.05, 3.63) is 0 Å². The largest absolute Gasteiger partial charge is 0.368 e. The van der Waals surface area contributed by atoms with Crippen LogP contribution in [0.4, 0.5) is 0 Å². The highest BCUT2D eigenvalue weighted by Crippen LogP contribution is 2.33. The Morgan fingerprint density at radius 1 is 1.29 bits per heavy atom. The van der Waals surface area contributed by atoms with Crippen molar-refractivity contribution in [3.8, 4) is 0 Å². The Labute approximate surface area is 86.4 Å². The third kappa shape index (κ3) is 2.98. The van der Waals surface area contributed by atoms with Crippen molar-refractivity contribution < 1.29 is 4.79 Å². The van der Waals surface area contributed by atoms with Gasteiger partial charge >= 0.3 is 0 Å². The fourth-order valence-electron chi connectivity index (χ4n) is 2.15. The fraction of sp³-hybridized carbons (Fsp3) is 0.909. The lowest BCUT2D eigenvalue weighted by Crippen LogP contribution is -2.40. The van der Waals surface area contributed by atoms with E-state index in [9.17, 15) is 4.79 Å². The molecule has 1 saturated heterocycles. The zero-order valence-electron chi connectivity index (χ0n) is 9.47. The zero-order chi connectivity index (χ0) is 10.8. The smallest absolute Gasteiger partial charge is 0.234 e. The van der Waals surface area contributed by atoms with Crippen molar-refractivity contribution in [2.24, 2.45) is 17.1 Å². The van der Waals surface area contributed by atoms with Crippen LogP contribution in [-0.4, -0.2) is 18.5 Å². The number of hydrogen-bond acceptors (Lipinski definition) is 2. The molecule has 1 heterocycles. The Bertz CT molecular complexity index is 208. The molecule has 1 fully saturated rings. The number of carbonyl (C=O) groups excluding carboxylic acids is 1. The minimum Gasteiger partial charge on any atom is -0.368 e. The summed E-state index contributed by atoms with van der Waals surface area (Å²) in [6.07, 6.45) is 3.13. The molecular formula is C11H22N2O. The van der Waals surface area contributed by atoms with Crippen molar-refractivity contribution in [3.63, 3.8) is 0 Å². The first kappa shape index (κ1) is 11.5. The first-order valence-corrected chi connectivity index (χ1v) is 5.44. The van der Waals surface area contributed by atoms with Crippen LogP contribution in [0.5, 0.6) is 0 Å². The van der Waals surface area contributed by atoms with E-state index >= 15 is 0 Å². The van der Waals surface area contributed by atoms with E-state index in [1.54, 1.807) is 0 Å². The number of primary amides is 1. The van der Waals surface area contributed by atoms with Gasteiger partial charge in [-0.05, 0) is 37.1 Å².